The van der Waals surface area contributed by atoms with E-state index >= 15 is 0 Å². The molecule has 0 aromatic rings. The van der Waals surface area contributed by atoms with Crippen LogP contribution >= 0.6 is 15.6 Å². The van der Waals surface area contributed by atoms with Crippen LogP contribution in [0.25, 0.3) is 0 Å². The SMILES string of the molecule is CCCCCCCCCCCCC(=O)OC[C@H](COP(=O)(O)OC[C@H](O)COP(=O)(O)OC[C@@H](COC(=O)CCCCCCCCCCCCCCCCC(C)C)OC(=O)CCCCCCCCCCCCCCCCC(C)C)OC(=O)CCCCCCCCC(C)CC. The summed E-state index contributed by atoms with van der Waals surface area (Å²) in [7, 11) is -9.91. The Hall–Kier alpha value is -1.94. The second-order valence-corrected chi connectivity index (χ2v) is 31.1. The van der Waals surface area contributed by atoms with Gasteiger partial charge in [0.1, 0.15) is 19.3 Å². The molecule has 0 spiro atoms. The van der Waals surface area contributed by atoms with Crippen LogP contribution in [0.4, 0.5) is 0 Å². The molecular formula is C75H146O17P2. The van der Waals surface area contributed by atoms with E-state index in [0.717, 1.165) is 108 Å². The topological polar surface area (TPSA) is 237 Å². The molecule has 0 aliphatic rings. The fourth-order valence-corrected chi connectivity index (χ4v) is 13.0. The second-order valence-electron chi connectivity index (χ2n) is 28.2. The monoisotopic (exact) mass is 1380 g/mol. The summed E-state index contributed by atoms with van der Waals surface area (Å²) >= 11 is 0. The Morgan fingerprint density at radius 2 is 0.543 bits per heavy atom. The van der Waals surface area contributed by atoms with Crippen LogP contribution in [-0.4, -0.2) is 96.7 Å². The van der Waals surface area contributed by atoms with E-state index in [-0.39, 0.29) is 25.7 Å². The van der Waals surface area contributed by atoms with E-state index in [4.69, 9.17) is 37.0 Å². The molecule has 3 N–H and O–H groups in total. The number of aliphatic hydroxyl groups excluding tert-OH is 1. The van der Waals surface area contributed by atoms with Gasteiger partial charge in [0.05, 0.1) is 26.4 Å². The first kappa shape index (κ1) is 92.1. The van der Waals surface area contributed by atoms with Crippen molar-refractivity contribution < 1.29 is 80.2 Å². The molecule has 0 radical (unpaired) electrons. The fraction of sp³-hybridized carbons (Fsp3) is 0.947. The standard InChI is InChI=1S/C75H146O17P2/c1-8-10-11-12-13-14-29-34-42-49-56-72(77)86-63-71(92-75(80)59-52-45-38-37-41-48-55-68(7)9-2)65-90-94(83,84)88-61-69(76)60-87-93(81,82)89-64-70(91-74(79)58-51-44-36-31-26-22-18-16-20-24-28-33-40-47-54-67(5)6)62-85-73(78)57-50-43-35-30-25-21-17-15-19-23-27-32-39-46-53-66(3)4/h66-71,76H,8-65H2,1-7H3,(H,81,82)(H,83,84)/t68?,69-,70-,71-/m1/s1. The molecule has 0 aromatic heterocycles. The zero-order valence-electron chi connectivity index (χ0n) is 61.4. The van der Waals surface area contributed by atoms with Crippen LogP contribution in [0.15, 0.2) is 0 Å². The van der Waals surface area contributed by atoms with Crippen LogP contribution in [0.3, 0.4) is 0 Å². The lowest BCUT2D eigenvalue weighted by Gasteiger charge is -2.21. The van der Waals surface area contributed by atoms with Crippen molar-refractivity contribution >= 4 is 39.5 Å². The lowest BCUT2D eigenvalue weighted by molar-refractivity contribution is -0.161. The minimum absolute atomic E-state index is 0.103. The molecule has 6 atom stereocenters. The van der Waals surface area contributed by atoms with Gasteiger partial charge in [-0.15, -0.1) is 0 Å². The number of phosphoric ester groups is 2. The molecule has 0 fully saturated rings. The molecule has 0 aliphatic heterocycles. The highest BCUT2D eigenvalue weighted by molar-refractivity contribution is 7.47. The Morgan fingerprint density at radius 3 is 0.809 bits per heavy atom. The number of rotatable bonds is 73. The van der Waals surface area contributed by atoms with Gasteiger partial charge in [0.25, 0.3) is 0 Å². The van der Waals surface area contributed by atoms with E-state index in [1.165, 1.54) is 193 Å². The van der Waals surface area contributed by atoms with Gasteiger partial charge in [0.15, 0.2) is 12.2 Å². The van der Waals surface area contributed by atoms with E-state index in [1.807, 2.05) is 0 Å². The average Bonchev–Trinajstić information content (AvgIpc) is 1.29. The highest BCUT2D eigenvalue weighted by Crippen LogP contribution is 2.45. The molecule has 0 saturated heterocycles. The highest BCUT2D eigenvalue weighted by atomic mass is 31.2. The maximum absolute atomic E-state index is 13.1. The van der Waals surface area contributed by atoms with Crippen LogP contribution in [-0.2, 0) is 65.4 Å². The summed E-state index contributed by atoms with van der Waals surface area (Å²) in [5.74, 6) is 0.193. The molecule has 0 saturated carbocycles. The molecule has 0 rings (SSSR count). The van der Waals surface area contributed by atoms with Crippen molar-refractivity contribution in [2.75, 3.05) is 39.6 Å². The Bertz CT molecular complexity index is 1840. The summed E-state index contributed by atoms with van der Waals surface area (Å²) in [4.78, 5) is 72.7. The van der Waals surface area contributed by atoms with Crippen molar-refractivity contribution in [3.63, 3.8) is 0 Å². The van der Waals surface area contributed by atoms with Crippen LogP contribution in [0.1, 0.15) is 382 Å². The van der Waals surface area contributed by atoms with Gasteiger partial charge < -0.3 is 33.8 Å². The predicted molar refractivity (Wildman–Crippen MR) is 381 cm³/mol. The minimum Gasteiger partial charge on any atom is -0.462 e. The summed E-state index contributed by atoms with van der Waals surface area (Å²) in [6.07, 6.45) is 51.4. The molecule has 0 aromatic carbocycles. The zero-order valence-corrected chi connectivity index (χ0v) is 63.2. The normalized spacial score (nSPS) is 14.4. The molecule has 19 heteroatoms. The van der Waals surface area contributed by atoms with E-state index in [0.29, 0.717) is 25.7 Å². The number of ether oxygens (including phenoxy) is 4. The Balaban J connectivity index is 5.23. The molecule has 0 bridgehead atoms. The molecule has 0 amide bonds. The first-order valence-corrected chi connectivity index (χ1v) is 41.9. The number of hydrogen-bond acceptors (Lipinski definition) is 15. The first-order chi connectivity index (χ1) is 45.3. The van der Waals surface area contributed by atoms with Crippen LogP contribution in [0, 0.1) is 17.8 Å². The number of unbranched alkanes of at least 4 members (excludes halogenated alkanes) is 40. The molecule has 17 nitrogen and oxygen atoms in total. The van der Waals surface area contributed by atoms with Gasteiger partial charge in [-0.2, -0.15) is 0 Å². The van der Waals surface area contributed by atoms with Crippen molar-refractivity contribution in [2.45, 2.75) is 401 Å². The van der Waals surface area contributed by atoms with Gasteiger partial charge in [-0.3, -0.25) is 37.3 Å². The summed E-state index contributed by atoms with van der Waals surface area (Å²) in [5, 5.41) is 10.6. The van der Waals surface area contributed by atoms with Crippen LogP contribution < -0.4 is 0 Å². The van der Waals surface area contributed by atoms with Crippen molar-refractivity contribution in [1.29, 1.82) is 0 Å². The van der Waals surface area contributed by atoms with Gasteiger partial charge in [-0.05, 0) is 43.4 Å². The fourth-order valence-electron chi connectivity index (χ4n) is 11.4. The Kier molecular flexibility index (Phi) is 64.3. The third kappa shape index (κ3) is 67.3. The van der Waals surface area contributed by atoms with Gasteiger partial charge in [-0.25, -0.2) is 9.13 Å². The zero-order chi connectivity index (χ0) is 69.4. The van der Waals surface area contributed by atoms with Gasteiger partial charge in [0, 0.05) is 25.7 Å². The second kappa shape index (κ2) is 65.7. The summed E-state index contributed by atoms with van der Waals surface area (Å²) in [6, 6.07) is 0. The van der Waals surface area contributed by atoms with E-state index in [1.54, 1.807) is 0 Å². The summed E-state index contributed by atoms with van der Waals surface area (Å²) in [5.41, 5.74) is 0. The van der Waals surface area contributed by atoms with E-state index < -0.39 is 97.5 Å². The molecule has 0 heterocycles. The third-order valence-electron chi connectivity index (χ3n) is 17.7. The number of carbonyl (C=O) groups is 4. The number of aliphatic hydroxyl groups is 1. The van der Waals surface area contributed by atoms with Crippen LogP contribution in [0.2, 0.25) is 0 Å². The summed E-state index contributed by atoms with van der Waals surface area (Å²) < 4.78 is 68.4. The molecule has 94 heavy (non-hydrogen) atoms. The van der Waals surface area contributed by atoms with Crippen LogP contribution in [0.5, 0.6) is 0 Å². The number of hydrogen-bond donors (Lipinski definition) is 3. The van der Waals surface area contributed by atoms with Gasteiger partial charge >= 0.3 is 39.5 Å². The maximum atomic E-state index is 13.1. The van der Waals surface area contributed by atoms with Gasteiger partial charge in [0.2, 0.25) is 0 Å². The summed E-state index contributed by atoms with van der Waals surface area (Å²) in [6.45, 7) is 11.9. The van der Waals surface area contributed by atoms with Crippen molar-refractivity contribution in [3.05, 3.63) is 0 Å². The third-order valence-corrected chi connectivity index (χ3v) is 19.6. The number of esters is 4. The number of carbonyl (C=O) groups excluding carboxylic acids is 4. The van der Waals surface area contributed by atoms with E-state index in [2.05, 4.69) is 48.5 Å². The predicted octanol–water partition coefficient (Wildman–Crippen LogP) is 21.8. The van der Waals surface area contributed by atoms with Crippen molar-refractivity contribution in [1.82, 2.24) is 0 Å². The Morgan fingerprint density at radius 1 is 0.309 bits per heavy atom. The quantitative estimate of drug-likeness (QED) is 0.0222. The average molecular weight is 1380 g/mol. The minimum atomic E-state index is -4.96. The highest BCUT2D eigenvalue weighted by Gasteiger charge is 2.30. The van der Waals surface area contributed by atoms with Crippen molar-refractivity contribution in [3.8, 4) is 0 Å². The Labute approximate surface area is 575 Å². The molecule has 3 unspecified atom stereocenters. The molecular weight excluding hydrogens is 1230 g/mol. The maximum Gasteiger partial charge on any atom is 0.472 e. The smallest absolute Gasteiger partial charge is 0.462 e. The van der Waals surface area contributed by atoms with Gasteiger partial charge in [-0.1, -0.05) is 331 Å². The molecule has 558 valence electrons. The molecule has 0 aliphatic carbocycles. The first-order valence-electron chi connectivity index (χ1n) is 38.9. The van der Waals surface area contributed by atoms with Crippen molar-refractivity contribution in [2.24, 2.45) is 17.8 Å². The lowest BCUT2D eigenvalue weighted by atomic mass is 10.00. The largest absolute Gasteiger partial charge is 0.472 e. The van der Waals surface area contributed by atoms with E-state index in [9.17, 15) is 43.2 Å². The number of phosphoric acid groups is 2. The lowest BCUT2D eigenvalue weighted by Crippen LogP contribution is -2.30.